The number of carboxylic acid groups (broad SMARTS) is 1. The molecule has 0 saturated heterocycles. The lowest BCUT2D eigenvalue weighted by atomic mass is 10.0. The maximum Gasteiger partial charge on any atom is 0.335 e. The molecule has 0 radical (unpaired) electrons. The van der Waals surface area contributed by atoms with Gasteiger partial charge >= 0.3 is 5.97 Å². The Morgan fingerprint density at radius 2 is 1.35 bits per heavy atom. The summed E-state index contributed by atoms with van der Waals surface area (Å²) in [5.41, 5.74) is 1.38. The molecule has 3 N–H and O–H groups in total. The highest BCUT2D eigenvalue weighted by Crippen LogP contribution is 2.33. The highest BCUT2D eigenvalue weighted by Gasteiger charge is 2.23. The molecule has 0 bridgehead atoms. The number of unbranched alkanes of at least 4 members (excludes halogenated alkanes) is 13. The lowest BCUT2D eigenvalue weighted by Gasteiger charge is -2.16. The minimum Gasteiger partial charge on any atom is -0.493 e. The second kappa shape index (κ2) is 21.8. The Hall–Kier alpha value is -4.60. The molecular formula is C42H57N3O10S2. The molecule has 15 heteroatoms. The number of carbonyl (C=O) groups is 1. The van der Waals surface area contributed by atoms with Crippen LogP contribution in [0.4, 0.5) is 0 Å². The van der Waals surface area contributed by atoms with Crippen LogP contribution in [0.3, 0.4) is 0 Å². The van der Waals surface area contributed by atoms with Crippen molar-refractivity contribution in [2.75, 3.05) is 20.3 Å². The van der Waals surface area contributed by atoms with Crippen molar-refractivity contribution in [3.05, 3.63) is 71.6 Å². The molecule has 0 atom stereocenters. The number of carboxylic acids is 1. The molecule has 0 fully saturated rings. The summed E-state index contributed by atoms with van der Waals surface area (Å²) in [4.78, 5) is 13.2. The van der Waals surface area contributed by atoms with E-state index in [9.17, 15) is 31.3 Å². The Kier molecular flexibility index (Phi) is 17.2. The molecule has 1 heterocycles. The number of nitrogens with one attached hydrogen (secondary N) is 1. The number of aryl methyl sites for hydroxylation is 1. The number of hydrogen-bond donors (Lipinski definition) is 3. The number of ether oxygens (including phenoxy) is 3. The van der Waals surface area contributed by atoms with Crippen LogP contribution >= 0.6 is 0 Å². The molecule has 57 heavy (non-hydrogen) atoms. The molecule has 0 unspecified atom stereocenters. The van der Waals surface area contributed by atoms with Crippen LogP contribution in [0.2, 0.25) is 0 Å². The maximum atomic E-state index is 13.9. The predicted octanol–water partition coefficient (Wildman–Crippen LogP) is 8.85. The number of hydrogen-bond acceptors (Lipinski definition) is 9. The summed E-state index contributed by atoms with van der Waals surface area (Å²) in [6.45, 7) is 4.73. The largest absolute Gasteiger partial charge is 0.493 e. The number of aromatic carboxylic acids is 1. The fraction of sp³-hybridized carbons (Fsp3) is 0.476. The summed E-state index contributed by atoms with van der Waals surface area (Å²) in [5, 5.41) is 14.1. The van der Waals surface area contributed by atoms with E-state index in [0.717, 1.165) is 25.3 Å². The van der Waals surface area contributed by atoms with Crippen molar-refractivity contribution in [1.82, 2.24) is 9.40 Å². The summed E-state index contributed by atoms with van der Waals surface area (Å²) in [7, 11) is -5.94. The smallest absolute Gasteiger partial charge is 0.335 e. The van der Waals surface area contributed by atoms with Crippen molar-refractivity contribution in [2.24, 2.45) is 12.1 Å². The summed E-state index contributed by atoms with van der Waals surface area (Å²) in [5.74, 6) is -0.377. The van der Waals surface area contributed by atoms with Crippen LogP contribution in [0.15, 0.2) is 75.6 Å². The summed E-state index contributed by atoms with van der Waals surface area (Å²) >= 11 is 0. The number of aromatic nitrogens is 1. The van der Waals surface area contributed by atoms with Gasteiger partial charge in [0.25, 0.3) is 20.1 Å². The third kappa shape index (κ3) is 13.0. The topological polar surface area (TPSA) is 183 Å². The number of rotatable bonds is 25. The third-order valence-corrected chi connectivity index (χ3v) is 11.9. The third-order valence-electron chi connectivity index (χ3n) is 9.82. The van der Waals surface area contributed by atoms with Crippen molar-refractivity contribution in [3.63, 3.8) is 0 Å². The molecule has 3 aromatic carbocycles. The lowest BCUT2D eigenvalue weighted by Crippen LogP contribution is -2.24. The minimum absolute atomic E-state index is 0.0132. The van der Waals surface area contributed by atoms with Gasteiger partial charge in [-0.2, -0.15) is 26.8 Å². The van der Waals surface area contributed by atoms with E-state index in [-0.39, 0.29) is 28.7 Å². The van der Waals surface area contributed by atoms with Crippen LogP contribution in [0.1, 0.15) is 114 Å². The minimum atomic E-state index is -4.63. The van der Waals surface area contributed by atoms with Crippen LogP contribution in [-0.4, -0.2) is 57.4 Å². The van der Waals surface area contributed by atoms with Crippen LogP contribution in [-0.2, 0) is 27.2 Å². The van der Waals surface area contributed by atoms with Gasteiger partial charge in [0.15, 0.2) is 11.5 Å². The molecule has 0 aliphatic rings. The Morgan fingerprint density at radius 3 is 1.93 bits per heavy atom. The fourth-order valence-corrected chi connectivity index (χ4v) is 8.18. The van der Waals surface area contributed by atoms with Crippen LogP contribution in [0, 0.1) is 0 Å². The van der Waals surface area contributed by atoms with E-state index < -0.39 is 35.9 Å². The van der Waals surface area contributed by atoms with Gasteiger partial charge in [-0.05, 0) is 74.0 Å². The highest BCUT2D eigenvalue weighted by atomic mass is 32.2. The number of methoxy groups -OCH3 is 1. The monoisotopic (exact) mass is 827 g/mol. The zero-order valence-electron chi connectivity index (χ0n) is 33.5. The highest BCUT2D eigenvalue weighted by molar-refractivity contribution is 7.89. The van der Waals surface area contributed by atoms with E-state index in [4.69, 9.17) is 14.2 Å². The second-order valence-corrected chi connectivity index (χ2v) is 17.1. The standard InChI is InChI=1S/C42H57N3O10S2/c1-5-7-8-9-10-11-12-13-14-15-16-17-18-19-26-55-39-25-21-32(42(46)47)28-41(39)56(48,49)44-43-35-30-37(31-20-24-38(54-6-2)40(27-31)53-4)45(3)36-23-22-33(29-34(35)36)57(50,51)52/h20-25,27-30,44H,5-19,26H2,1-4H3,(H,46,47)(H,50,51,52)/b43-35-. The van der Waals surface area contributed by atoms with Crippen LogP contribution in [0.5, 0.6) is 17.2 Å². The summed E-state index contributed by atoms with van der Waals surface area (Å²) < 4.78 is 80.7. The Morgan fingerprint density at radius 1 is 0.737 bits per heavy atom. The summed E-state index contributed by atoms with van der Waals surface area (Å²) in [6.07, 6.45) is 16.7. The van der Waals surface area contributed by atoms with Gasteiger partial charge in [0.1, 0.15) is 10.6 Å². The Labute approximate surface area is 336 Å². The molecule has 0 aliphatic heterocycles. The predicted molar refractivity (Wildman–Crippen MR) is 221 cm³/mol. The summed E-state index contributed by atoms with van der Waals surface area (Å²) in [6, 6.07) is 14.3. The van der Waals surface area contributed by atoms with Crippen LogP contribution < -0.4 is 24.4 Å². The van der Waals surface area contributed by atoms with Gasteiger partial charge in [0.05, 0.1) is 47.4 Å². The lowest BCUT2D eigenvalue weighted by molar-refractivity contribution is 0.0696. The van der Waals surface area contributed by atoms with Crippen molar-refractivity contribution in [1.29, 1.82) is 0 Å². The van der Waals surface area contributed by atoms with Gasteiger partial charge in [0, 0.05) is 18.0 Å². The Balaban J connectivity index is 1.54. The van der Waals surface area contributed by atoms with E-state index in [1.165, 1.54) is 102 Å². The van der Waals surface area contributed by atoms with E-state index in [0.29, 0.717) is 41.3 Å². The van der Waals surface area contributed by atoms with Gasteiger partial charge in [-0.1, -0.05) is 90.4 Å². The van der Waals surface area contributed by atoms with E-state index in [1.54, 1.807) is 35.9 Å². The van der Waals surface area contributed by atoms with Crippen LogP contribution in [0.25, 0.3) is 22.2 Å². The zero-order valence-corrected chi connectivity index (χ0v) is 35.1. The van der Waals surface area contributed by atoms with E-state index in [1.807, 2.05) is 6.92 Å². The molecule has 0 aliphatic carbocycles. The molecular weight excluding hydrogens is 771 g/mol. The first kappa shape index (κ1) is 45.1. The average molecular weight is 828 g/mol. The Bertz CT molecular complexity index is 2250. The number of sulfonamides is 1. The number of fused-ring (bicyclic) bond motifs is 1. The van der Waals surface area contributed by atoms with Gasteiger partial charge in [-0.25, -0.2) is 4.79 Å². The first-order valence-electron chi connectivity index (χ1n) is 19.8. The number of pyridine rings is 1. The van der Waals surface area contributed by atoms with E-state index >= 15 is 0 Å². The molecule has 13 nitrogen and oxygen atoms in total. The van der Waals surface area contributed by atoms with Gasteiger partial charge in [-0.15, -0.1) is 0 Å². The molecule has 0 spiro atoms. The molecule has 1 aromatic heterocycles. The van der Waals surface area contributed by atoms with Crippen molar-refractivity contribution < 1.29 is 45.5 Å². The fourth-order valence-electron chi connectivity index (χ4n) is 6.69. The SMILES string of the molecule is CCCCCCCCCCCCCCCCOc1ccc(C(=O)O)cc1S(=O)(=O)N/N=c1/cc(-c2ccc(OCC)c(OC)c2)n(C)c2ccc(S(=O)(=O)O)cc12. The number of benzene rings is 3. The molecule has 4 aromatic rings. The molecule has 0 amide bonds. The average Bonchev–Trinajstić information content (AvgIpc) is 3.19. The molecule has 0 saturated carbocycles. The van der Waals surface area contributed by atoms with Gasteiger partial charge in [0.2, 0.25) is 0 Å². The van der Waals surface area contributed by atoms with Crippen molar-refractivity contribution >= 4 is 37.0 Å². The molecule has 312 valence electrons. The first-order chi connectivity index (χ1) is 27.3. The van der Waals surface area contributed by atoms with E-state index in [2.05, 4.69) is 16.9 Å². The second-order valence-electron chi connectivity index (χ2n) is 14.0. The van der Waals surface area contributed by atoms with Gasteiger partial charge < -0.3 is 23.9 Å². The van der Waals surface area contributed by atoms with Gasteiger partial charge in [-0.3, -0.25) is 4.55 Å². The van der Waals surface area contributed by atoms with Crippen molar-refractivity contribution in [2.45, 2.75) is 114 Å². The first-order valence-corrected chi connectivity index (χ1v) is 22.7. The zero-order chi connectivity index (χ0) is 41.4. The number of nitrogens with zero attached hydrogens (tertiary/aromatic N) is 2. The molecule has 4 rings (SSSR count). The normalized spacial score (nSPS) is 12.2. The maximum absolute atomic E-state index is 13.9. The quantitative estimate of drug-likeness (QED) is 0.0332. The van der Waals surface area contributed by atoms with Crippen molar-refractivity contribution in [3.8, 4) is 28.5 Å².